The summed E-state index contributed by atoms with van der Waals surface area (Å²) >= 11 is 0. The fourth-order valence-corrected chi connectivity index (χ4v) is 3.10. The maximum absolute atomic E-state index is 5.82. The van der Waals surface area contributed by atoms with E-state index in [9.17, 15) is 0 Å². The molecule has 0 aromatic heterocycles. The van der Waals surface area contributed by atoms with Gasteiger partial charge in [-0.05, 0) is 36.2 Å². The summed E-state index contributed by atoms with van der Waals surface area (Å²) in [6.45, 7) is 1.71. The molecule has 0 radical (unpaired) electrons. The van der Waals surface area contributed by atoms with Crippen LogP contribution in [0.3, 0.4) is 0 Å². The number of methoxy groups -OCH3 is 4. The van der Waals surface area contributed by atoms with Gasteiger partial charge in [-0.2, -0.15) is 0 Å². The fourth-order valence-electron chi connectivity index (χ4n) is 3.10. The van der Waals surface area contributed by atoms with Crippen molar-refractivity contribution in [1.29, 1.82) is 0 Å². The van der Waals surface area contributed by atoms with Crippen LogP contribution in [0.5, 0.6) is 23.0 Å². The minimum Gasteiger partial charge on any atom is -0.497 e. The van der Waals surface area contributed by atoms with E-state index in [1.165, 1.54) is 5.56 Å². The first-order valence-electron chi connectivity index (χ1n) is 8.81. The van der Waals surface area contributed by atoms with E-state index in [-0.39, 0.29) is 0 Å². The molecule has 2 aromatic carbocycles. The second-order valence-electron chi connectivity index (χ2n) is 6.08. The Morgan fingerprint density at radius 3 is 2.19 bits per heavy atom. The fraction of sp³-hybridized carbons (Fsp3) is 0.381. The van der Waals surface area contributed by atoms with Gasteiger partial charge in [-0.1, -0.05) is 0 Å². The highest BCUT2D eigenvalue weighted by molar-refractivity contribution is 6.15. The van der Waals surface area contributed by atoms with Crippen LogP contribution in [0.25, 0.3) is 0 Å². The number of ether oxygens (including phenoxy) is 5. The lowest BCUT2D eigenvalue weighted by molar-refractivity contribution is 0.144. The zero-order valence-electron chi connectivity index (χ0n) is 16.2. The van der Waals surface area contributed by atoms with Gasteiger partial charge in [-0.15, -0.1) is 0 Å². The third-order valence-corrected chi connectivity index (χ3v) is 4.47. The van der Waals surface area contributed by atoms with Crippen molar-refractivity contribution in [3.63, 3.8) is 0 Å². The molecule has 1 aliphatic rings. The lowest BCUT2D eigenvalue weighted by Crippen LogP contribution is -2.15. The monoisotopic (exact) mass is 371 g/mol. The Morgan fingerprint density at radius 2 is 1.56 bits per heavy atom. The van der Waals surface area contributed by atoms with Gasteiger partial charge in [-0.25, -0.2) is 0 Å². The molecule has 2 aromatic rings. The molecule has 0 saturated heterocycles. The third kappa shape index (κ3) is 4.17. The lowest BCUT2D eigenvalue weighted by atomic mass is 9.92. The Hall–Kier alpha value is -2.73. The Bertz CT molecular complexity index is 809. The van der Waals surface area contributed by atoms with E-state index in [0.29, 0.717) is 25.5 Å². The molecule has 0 atom stereocenters. The average molecular weight is 371 g/mol. The quantitative estimate of drug-likeness (QED) is 0.667. The highest BCUT2D eigenvalue weighted by Crippen LogP contribution is 2.35. The number of hydrogen-bond acceptors (Lipinski definition) is 6. The Morgan fingerprint density at radius 1 is 0.815 bits per heavy atom. The summed E-state index contributed by atoms with van der Waals surface area (Å²) in [6.07, 6.45) is 0.852. The molecule has 0 saturated carbocycles. The van der Waals surface area contributed by atoms with Gasteiger partial charge in [0.25, 0.3) is 0 Å². The van der Waals surface area contributed by atoms with Crippen molar-refractivity contribution in [3.05, 3.63) is 47.0 Å². The molecule has 1 heterocycles. The molecule has 0 bridgehead atoms. The molecule has 0 amide bonds. The number of fused-ring (bicyclic) bond motifs is 1. The molecular weight excluding hydrogens is 346 g/mol. The van der Waals surface area contributed by atoms with Crippen LogP contribution < -0.4 is 18.9 Å². The molecule has 0 fully saturated rings. The van der Waals surface area contributed by atoms with Crippen LogP contribution in [-0.2, 0) is 11.2 Å². The maximum atomic E-state index is 5.82. The molecule has 3 rings (SSSR count). The van der Waals surface area contributed by atoms with Crippen LogP contribution in [0.4, 0.5) is 0 Å². The summed E-state index contributed by atoms with van der Waals surface area (Å²) in [6, 6.07) is 9.80. The summed E-state index contributed by atoms with van der Waals surface area (Å²) in [7, 11) is 6.57. The van der Waals surface area contributed by atoms with E-state index < -0.39 is 0 Å². The zero-order valence-corrected chi connectivity index (χ0v) is 16.2. The van der Waals surface area contributed by atoms with Gasteiger partial charge in [0.2, 0.25) is 0 Å². The Balaban J connectivity index is 2.01. The van der Waals surface area contributed by atoms with Crippen molar-refractivity contribution in [2.24, 2.45) is 4.99 Å². The van der Waals surface area contributed by atoms with E-state index in [1.54, 1.807) is 28.4 Å². The van der Waals surface area contributed by atoms with Crippen molar-refractivity contribution >= 4 is 5.71 Å². The second kappa shape index (κ2) is 8.77. The van der Waals surface area contributed by atoms with Gasteiger partial charge in [0, 0.05) is 30.8 Å². The molecule has 0 aliphatic carbocycles. The molecule has 6 nitrogen and oxygen atoms in total. The van der Waals surface area contributed by atoms with Crippen molar-refractivity contribution in [3.8, 4) is 23.0 Å². The van der Waals surface area contributed by atoms with Crippen LogP contribution in [-0.4, -0.2) is 53.9 Å². The Labute approximate surface area is 159 Å². The van der Waals surface area contributed by atoms with Crippen LogP contribution in [0.15, 0.2) is 35.3 Å². The average Bonchev–Trinajstić information content (AvgIpc) is 2.72. The third-order valence-electron chi connectivity index (χ3n) is 4.47. The predicted octanol–water partition coefficient (Wildman–Crippen LogP) is 3.13. The van der Waals surface area contributed by atoms with Crippen molar-refractivity contribution in [2.75, 3.05) is 48.2 Å². The summed E-state index contributed by atoms with van der Waals surface area (Å²) in [5.41, 5.74) is 4.06. The highest BCUT2D eigenvalue weighted by Gasteiger charge is 2.21. The number of aliphatic imine (C=N–C) groups is 1. The predicted molar refractivity (Wildman–Crippen MR) is 104 cm³/mol. The molecule has 0 N–H and O–H groups in total. The molecule has 0 unspecified atom stereocenters. The standard InChI is InChI=1S/C21H25NO5/c1-23-7-8-27-20-11-14-5-6-22-21(18(14)13-19(20)26-4)15-9-16(24-2)12-17(10-15)25-3/h9-13H,5-8H2,1-4H3. The SMILES string of the molecule is COCCOc1cc2c(cc1OC)C(c1cc(OC)cc(OC)c1)=NCC2. The van der Waals surface area contributed by atoms with Gasteiger partial charge in [0.15, 0.2) is 11.5 Å². The first-order valence-corrected chi connectivity index (χ1v) is 8.81. The van der Waals surface area contributed by atoms with E-state index in [4.69, 9.17) is 28.7 Å². The van der Waals surface area contributed by atoms with Crippen LogP contribution in [0, 0.1) is 0 Å². The van der Waals surface area contributed by atoms with Crippen LogP contribution >= 0.6 is 0 Å². The normalized spacial score (nSPS) is 12.8. The molecule has 0 spiro atoms. The summed E-state index contributed by atoms with van der Waals surface area (Å²) < 4.78 is 27.2. The summed E-state index contributed by atoms with van der Waals surface area (Å²) in [5, 5.41) is 0. The van der Waals surface area contributed by atoms with Gasteiger partial charge in [0.1, 0.15) is 18.1 Å². The van der Waals surface area contributed by atoms with E-state index in [0.717, 1.165) is 40.5 Å². The van der Waals surface area contributed by atoms with E-state index in [1.807, 2.05) is 30.3 Å². The van der Waals surface area contributed by atoms with E-state index >= 15 is 0 Å². The first kappa shape index (κ1) is 19.0. The van der Waals surface area contributed by atoms with E-state index in [2.05, 4.69) is 0 Å². The van der Waals surface area contributed by atoms with Crippen molar-refractivity contribution < 1.29 is 23.7 Å². The topological polar surface area (TPSA) is 58.5 Å². The van der Waals surface area contributed by atoms with Crippen molar-refractivity contribution in [2.45, 2.75) is 6.42 Å². The van der Waals surface area contributed by atoms with Crippen LogP contribution in [0.1, 0.15) is 16.7 Å². The molecule has 27 heavy (non-hydrogen) atoms. The minimum atomic E-state index is 0.472. The van der Waals surface area contributed by atoms with Gasteiger partial charge < -0.3 is 23.7 Å². The molecule has 6 heteroatoms. The Kier molecular flexibility index (Phi) is 6.19. The highest BCUT2D eigenvalue weighted by atomic mass is 16.5. The number of benzene rings is 2. The molecular formula is C21H25NO5. The van der Waals surface area contributed by atoms with Gasteiger partial charge in [0.05, 0.1) is 33.6 Å². The minimum absolute atomic E-state index is 0.472. The molecule has 1 aliphatic heterocycles. The summed E-state index contributed by atoms with van der Waals surface area (Å²) in [5.74, 6) is 2.85. The summed E-state index contributed by atoms with van der Waals surface area (Å²) in [4.78, 5) is 4.76. The number of rotatable bonds is 8. The van der Waals surface area contributed by atoms with Crippen LogP contribution in [0.2, 0.25) is 0 Å². The van der Waals surface area contributed by atoms with Crippen molar-refractivity contribution in [1.82, 2.24) is 0 Å². The maximum Gasteiger partial charge on any atom is 0.161 e. The second-order valence-corrected chi connectivity index (χ2v) is 6.08. The smallest absolute Gasteiger partial charge is 0.161 e. The lowest BCUT2D eigenvalue weighted by Gasteiger charge is -2.21. The van der Waals surface area contributed by atoms with Gasteiger partial charge >= 0.3 is 0 Å². The number of nitrogens with zero attached hydrogens (tertiary/aromatic N) is 1. The van der Waals surface area contributed by atoms with Gasteiger partial charge in [-0.3, -0.25) is 4.99 Å². The largest absolute Gasteiger partial charge is 0.497 e. The zero-order chi connectivity index (χ0) is 19.2. The molecule has 144 valence electrons. The number of hydrogen-bond donors (Lipinski definition) is 0. The first-order chi connectivity index (χ1) is 13.2.